The summed E-state index contributed by atoms with van der Waals surface area (Å²) in [5.41, 5.74) is 0.426. The number of aliphatic hydroxyl groups is 1. The van der Waals surface area contributed by atoms with Crippen molar-refractivity contribution in [2.24, 2.45) is 0 Å². The lowest BCUT2D eigenvalue weighted by Crippen LogP contribution is -2.32. The molecule has 0 saturated carbocycles. The molecule has 1 aromatic carbocycles. The number of hydrogen-bond donors (Lipinski definition) is 1. The highest BCUT2D eigenvalue weighted by Crippen LogP contribution is 2.34. The number of amides is 2. The van der Waals surface area contributed by atoms with Gasteiger partial charge in [0, 0.05) is 6.54 Å². The number of rotatable bonds is 6. The summed E-state index contributed by atoms with van der Waals surface area (Å²) in [6.45, 7) is 2.27. The third kappa shape index (κ3) is 2.64. The Morgan fingerprint density at radius 1 is 1.09 bits per heavy atom. The molecular formula is C16H19NO5. The van der Waals surface area contributed by atoms with Crippen LogP contribution in [0.3, 0.4) is 0 Å². The smallest absolute Gasteiger partial charge is 0.296 e. The van der Waals surface area contributed by atoms with Crippen molar-refractivity contribution in [1.29, 1.82) is 0 Å². The average Bonchev–Trinajstić information content (AvgIpc) is 2.74. The summed E-state index contributed by atoms with van der Waals surface area (Å²) >= 11 is 0. The normalized spacial score (nSPS) is 14.8. The number of carbonyl (C=O) groups excluding carboxylic acids is 2. The fraction of sp³-hybridized carbons (Fsp3) is 0.375. The van der Waals surface area contributed by atoms with Crippen LogP contribution in [0.2, 0.25) is 0 Å². The fourth-order valence-electron chi connectivity index (χ4n) is 2.33. The Kier molecular flexibility index (Phi) is 4.70. The van der Waals surface area contributed by atoms with Crippen molar-refractivity contribution in [3.63, 3.8) is 0 Å². The molecule has 6 heteroatoms. The van der Waals surface area contributed by atoms with E-state index in [1.54, 1.807) is 18.2 Å². The first-order chi connectivity index (χ1) is 10.5. The predicted molar refractivity (Wildman–Crippen MR) is 80.7 cm³/mol. The lowest BCUT2D eigenvalue weighted by atomic mass is 10.0. The zero-order chi connectivity index (χ0) is 16.3. The van der Waals surface area contributed by atoms with Gasteiger partial charge in [-0.2, -0.15) is 0 Å². The van der Waals surface area contributed by atoms with Gasteiger partial charge in [0.2, 0.25) is 0 Å². The highest BCUT2D eigenvalue weighted by Gasteiger charge is 2.38. The standard InChI is InChI=1S/C16H19NO5/c1-4-5-8-17-15(19)13(14(18)16(17)20)10-6-7-11(21-2)12(9-10)22-3/h6-7,9,18H,4-5,8H2,1-3H3. The van der Waals surface area contributed by atoms with Crippen LogP contribution in [-0.4, -0.2) is 42.6 Å². The third-order valence-corrected chi connectivity index (χ3v) is 3.55. The van der Waals surface area contributed by atoms with E-state index >= 15 is 0 Å². The Morgan fingerprint density at radius 2 is 1.77 bits per heavy atom. The van der Waals surface area contributed by atoms with Gasteiger partial charge in [0.05, 0.1) is 19.8 Å². The molecule has 0 aliphatic carbocycles. The molecule has 1 heterocycles. The van der Waals surface area contributed by atoms with Crippen molar-refractivity contribution in [2.45, 2.75) is 19.8 Å². The second-order valence-electron chi connectivity index (χ2n) is 4.91. The number of aliphatic hydroxyl groups excluding tert-OH is 1. The van der Waals surface area contributed by atoms with Crippen LogP contribution in [-0.2, 0) is 9.59 Å². The van der Waals surface area contributed by atoms with E-state index < -0.39 is 17.6 Å². The van der Waals surface area contributed by atoms with Crippen LogP contribution in [0.5, 0.6) is 11.5 Å². The van der Waals surface area contributed by atoms with Gasteiger partial charge in [-0.05, 0) is 24.1 Å². The van der Waals surface area contributed by atoms with Crippen LogP contribution in [0.4, 0.5) is 0 Å². The number of benzene rings is 1. The molecule has 22 heavy (non-hydrogen) atoms. The summed E-state index contributed by atoms with van der Waals surface area (Å²) in [6.07, 6.45) is 1.55. The van der Waals surface area contributed by atoms with Crippen molar-refractivity contribution in [1.82, 2.24) is 4.90 Å². The van der Waals surface area contributed by atoms with Crippen molar-refractivity contribution >= 4 is 17.4 Å². The van der Waals surface area contributed by atoms with Crippen LogP contribution in [0, 0.1) is 0 Å². The molecule has 0 spiro atoms. The lowest BCUT2D eigenvalue weighted by Gasteiger charge is -2.14. The SMILES string of the molecule is CCCCN1C(=O)C(O)=C(c2ccc(OC)c(OC)c2)C1=O. The van der Waals surface area contributed by atoms with Crippen LogP contribution in [0.25, 0.3) is 5.57 Å². The van der Waals surface area contributed by atoms with Gasteiger partial charge in [-0.1, -0.05) is 19.4 Å². The molecule has 1 aliphatic rings. The highest BCUT2D eigenvalue weighted by atomic mass is 16.5. The largest absolute Gasteiger partial charge is 0.502 e. The quantitative estimate of drug-likeness (QED) is 0.815. The van der Waals surface area contributed by atoms with Crippen molar-refractivity contribution in [3.8, 4) is 11.5 Å². The molecule has 0 unspecified atom stereocenters. The van der Waals surface area contributed by atoms with Crippen LogP contribution < -0.4 is 9.47 Å². The van der Waals surface area contributed by atoms with E-state index in [1.165, 1.54) is 14.2 Å². The Hall–Kier alpha value is -2.50. The van der Waals surface area contributed by atoms with E-state index in [0.717, 1.165) is 11.3 Å². The van der Waals surface area contributed by atoms with Crippen molar-refractivity contribution in [2.75, 3.05) is 20.8 Å². The van der Waals surface area contributed by atoms with E-state index in [9.17, 15) is 14.7 Å². The van der Waals surface area contributed by atoms with Gasteiger partial charge >= 0.3 is 0 Å². The number of nitrogens with zero attached hydrogens (tertiary/aromatic N) is 1. The molecule has 0 atom stereocenters. The Bertz CT molecular complexity index is 635. The molecule has 1 N–H and O–H groups in total. The summed E-state index contributed by atoms with van der Waals surface area (Å²) in [6, 6.07) is 4.81. The van der Waals surface area contributed by atoms with Crippen molar-refractivity contribution in [3.05, 3.63) is 29.5 Å². The van der Waals surface area contributed by atoms with Gasteiger partial charge in [-0.15, -0.1) is 0 Å². The number of carbonyl (C=O) groups is 2. The number of hydrogen-bond acceptors (Lipinski definition) is 5. The topological polar surface area (TPSA) is 76.1 Å². The minimum atomic E-state index is -0.650. The first-order valence-corrected chi connectivity index (χ1v) is 7.07. The van der Waals surface area contributed by atoms with Crippen LogP contribution >= 0.6 is 0 Å². The molecule has 1 aliphatic heterocycles. The van der Waals surface area contributed by atoms with E-state index in [4.69, 9.17) is 9.47 Å². The van der Waals surface area contributed by atoms with Gasteiger partial charge in [-0.25, -0.2) is 0 Å². The van der Waals surface area contributed by atoms with Crippen LogP contribution in [0.15, 0.2) is 24.0 Å². The van der Waals surface area contributed by atoms with Crippen LogP contribution in [0.1, 0.15) is 25.3 Å². The molecule has 6 nitrogen and oxygen atoms in total. The fourth-order valence-corrected chi connectivity index (χ4v) is 2.33. The molecule has 118 valence electrons. The zero-order valence-corrected chi connectivity index (χ0v) is 12.9. The third-order valence-electron chi connectivity index (χ3n) is 3.55. The number of methoxy groups -OCH3 is 2. The summed E-state index contributed by atoms with van der Waals surface area (Å²) in [5.74, 6) is -0.724. The van der Waals surface area contributed by atoms with Gasteiger partial charge < -0.3 is 14.6 Å². The van der Waals surface area contributed by atoms with Crippen molar-refractivity contribution < 1.29 is 24.2 Å². The van der Waals surface area contributed by atoms with E-state index in [-0.39, 0.29) is 5.57 Å². The molecule has 2 amide bonds. The molecule has 1 aromatic rings. The van der Waals surface area contributed by atoms with Gasteiger partial charge in [0.15, 0.2) is 17.3 Å². The summed E-state index contributed by atoms with van der Waals surface area (Å²) in [4.78, 5) is 25.5. The molecule has 2 rings (SSSR count). The average molecular weight is 305 g/mol. The summed E-state index contributed by atoms with van der Waals surface area (Å²) in [7, 11) is 2.98. The first-order valence-electron chi connectivity index (χ1n) is 7.07. The minimum Gasteiger partial charge on any atom is -0.502 e. The molecule has 0 saturated heterocycles. The zero-order valence-electron chi connectivity index (χ0n) is 12.9. The maximum Gasteiger partial charge on any atom is 0.296 e. The highest BCUT2D eigenvalue weighted by molar-refractivity contribution is 6.34. The van der Waals surface area contributed by atoms with Gasteiger partial charge in [0.1, 0.15) is 0 Å². The van der Waals surface area contributed by atoms with E-state index in [0.29, 0.717) is 30.0 Å². The Labute approximate surface area is 128 Å². The lowest BCUT2D eigenvalue weighted by molar-refractivity contribution is -0.138. The molecule has 0 fully saturated rings. The Balaban J connectivity index is 2.39. The number of imide groups is 1. The number of ether oxygens (including phenoxy) is 2. The molecular weight excluding hydrogens is 286 g/mol. The molecule has 0 radical (unpaired) electrons. The molecule has 0 aromatic heterocycles. The Morgan fingerprint density at radius 3 is 2.36 bits per heavy atom. The second-order valence-corrected chi connectivity index (χ2v) is 4.91. The number of unbranched alkanes of at least 4 members (excludes halogenated alkanes) is 1. The summed E-state index contributed by atoms with van der Waals surface area (Å²) < 4.78 is 10.3. The second kappa shape index (κ2) is 6.51. The predicted octanol–water partition coefficient (Wildman–Crippen LogP) is 2.14. The van der Waals surface area contributed by atoms with E-state index in [1.807, 2.05) is 6.92 Å². The van der Waals surface area contributed by atoms with Gasteiger partial charge in [-0.3, -0.25) is 14.5 Å². The molecule has 0 bridgehead atoms. The maximum absolute atomic E-state index is 12.4. The minimum absolute atomic E-state index is 0.00190. The monoisotopic (exact) mass is 305 g/mol. The first kappa shape index (κ1) is 15.9. The summed E-state index contributed by atoms with van der Waals surface area (Å²) in [5, 5.41) is 10.0. The van der Waals surface area contributed by atoms with E-state index in [2.05, 4.69) is 0 Å². The van der Waals surface area contributed by atoms with Gasteiger partial charge in [0.25, 0.3) is 11.8 Å². The maximum atomic E-state index is 12.4.